The second-order valence-corrected chi connectivity index (χ2v) is 5.96. The van der Waals surface area contributed by atoms with Crippen molar-refractivity contribution >= 4 is 5.84 Å². The topological polar surface area (TPSA) is 65.0 Å². The van der Waals surface area contributed by atoms with Gasteiger partial charge in [0.1, 0.15) is 5.84 Å². The van der Waals surface area contributed by atoms with Crippen LogP contribution < -0.4 is 14.8 Å². The molecule has 1 aliphatic rings. The van der Waals surface area contributed by atoms with Crippen LogP contribution in [0, 0.1) is 0 Å². The number of para-hydroxylation sites is 2. The van der Waals surface area contributed by atoms with E-state index in [4.69, 9.17) is 19.2 Å². The highest BCUT2D eigenvalue weighted by atomic mass is 16.5. The van der Waals surface area contributed by atoms with Crippen molar-refractivity contribution in [1.82, 2.24) is 10.3 Å². The third kappa shape index (κ3) is 4.95. The van der Waals surface area contributed by atoms with Crippen LogP contribution in [-0.4, -0.2) is 44.2 Å². The minimum atomic E-state index is 0.506. The molecule has 1 aromatic carbocycles. The molecule has 0 unspecified atom stereocenters. The number of ether oxygens (including phenoxy) is 3. The van der Waals surface area contributed by atoms with Crippen LogP contribution in [0.2, 0.25) is 0 Å². The number of amidine groups is 1. The number of methoxy groups -OCH3 is 1. The van der Waals surface area contributed by atoms with Crippen molar-refractivity contribution < 1.29 is 14.2 Å². The van der Waals surface area contributed by atoms with E-state index in [1.165, 1.54) is 0 Å². The third-order valence-corrected chi connectivity index (χ3v) is 4.01. The lowest BCUT2D eigenvalue weighted by Gasteiger charge is -2.15. The highest BCUT2D eigenvalue weighted by Gasteiger charge is 2.15. The molecule has 0 radical (unpaired) electrons. The van der Waals surface area contributed by atoms with Crippen LogP contribution in [0.1, 0.15) is 24.8 Å². The van der Waals surface area contributed by atoms with Crippen molar-refractivity contribution in [2.24, 2.45) is 4.99 Å². The van der Waals surface area contributed by atoms with E-state index in [9.17, 15) is 0 Å². The Kier molecular flexibility index (Phi) is 6.84. The molecule has 1 aliphatic heterocycles. The van der Waals surface area contributed by atoms with Crippen LogP contribution in [0.15, 0.2) is 47.6 Å². The molecule has 2 heterocycles. The number of nitrogens with one attached hydrogen (secondary N) is 1. The fraction of sp³-hybridized carbons (Fsp3) is 0.400. The quantitative estimate of drug-likeness (QED) is 0.855. The Morgan fingerprint density at radius 1 is 1.08 bits per heavy atom. The maximum absolute atomic E-state index is 6.10. The molecule has 0 bridgehead atoms. The lowest BCUT2D eigenvalue weighted by molar-refractivity contribution is 0.204. The Morgan fingerprint density at radius 2 is 1.96 bits per heavy atom. The molecule has 6 nitrogen and oxygen atoms in total. The first kappa shape index (κ1) is 18.2. The zero-order valence-corrected chi connectivity index (χ0v) is 15.1. The van der Waals surface area contributed by atoms with E-state index in [2.05, 4.69) is 10.3 Å². The van der Waals surface area contributed by atoms with Gasteiger partial charge in [-0.05, 0) is 43.5 Å². The molecule has 0 saturated carbocycles. The van der Waals surface area contributed by atoms with E-state index >= 15 is 0 Å². The molecule has 6 heteroatoms. The van der Waals surface area contributed by atoms with Gasteiger partial charge in [-0.25, -0.2) is 4.98 Å². The largest absolute Gasteiger partial charge is 0.490 e. The van der Waals surface area contributed by atoms with Gasteiger partial charge in [0.05, 0.1) is 18.8 Å². The van der Waals surface area contributed by atoms with Gasteiger partial charge in [0, 0.05) is 26.4 Å². The van der Waals surface area contributed by atoms with Crippen LogP contribution in [0.5, 0.6) is 17.4 Å². The van der Waals surface area contributed by atoms with Gasteiger partial charge in [0.15, 0.2) is 11.5 Å². The third-order valence-electron chi connectivity index (χ3n) is 4.01. The molecule has 138 valence electrons. The van der Waals surface area contributed by atoms with Crippen molar-refractivity contribution in [2.75, 3.05) is 33.4 Å². The molecule has 0 spiro atoms. The summed E-state index contributed by atoms with van der Waals surface area (Å²) in [5, 5.41) is 3.34. The first-order valence-electron chi connectivity index (χ1n) is 9.01. The number of aromatic nitrogens is 1. The van der Waals surface area contributed by atoms with Gasteiger partial charge in [-0.1, -0.05) is 12.1 Å². The fourth-order valence-corrected chi connectivity index (χ4v) is 2.68. The summed E-state index contributed by atoms with van der Waals surface area (Å²) in [7, 11) is 1.68. The first-order valence-corrected chi connectivity index (χ1v) is 9.01. The van der Waals surface area contributed by atoms with E-state index in [1.54, 1.807) is 13.3 Å². The van der Waals surface area contributed by atoms with Crippen LogP contribution in [0.3, 0.4) is 0 Å². The lowest BCUT2D eigenvalue weighted by atomic mass is 10.2. The maximum atomic E-state index is 6.10. The predicted molar refractivity (Wildman–Crippen MR) is 101 cm³/mol. The average Bonchev–Trinajstić information content (AvgIpc) is 2.68. The summed E-state index contributed by atoms with van der Waals surface area (Å²) in [6.45, 7) is 2.68. The van der Waals surface area contributed by atoms with Crippen LogP contribution in [-0.2, 0) is 4.74 Å². The number of nitrogens with zero attached hydrogens (tertiary/aromatic N) is 2. The van der Waals surface area contributed by atoms with Gasteiger partial charge in [-0.2, -0.15) is 0 Å². The highest BCUT2D eigenvalue weighted by molar-refractivity contribution is 6.00. The molecule has 1 N–H and O–H groups in total. The molecular formula is C20H25N3O3. The Labute approximate surface area is 154 Å². The summed E-state index contributed by atoms with van der Waals surface area (Å²) < 4.78 is 17.1. The zero-order chi connectivity index (χ0) is 18.0. The molecule has 26 heavy (non-hydrogen) atoms. The molecule has 2 aromatic rings. The summed E-state index contributed by atoms with van der Waals surface area (Å²) in [5.41, 5.74) is 0.831. The number of pyridine rings is 1. The van der Waals surface area contributed by atoms with E-state index < -0.39 is 0 Å². The molecule has 0 amide bonds. The molecule has 0 atom stereocenters. The molecule has 0 aliphatic carbocycles. The minimum Gasteiger partial charge on any atom is -0.490 e. The van der Waals surface area contributed by atoms with E-state index in [0.717, 1.165) is 43.0 Å². The molecular weight excluding hydrogens is 330 g/mol. The summed E-state index contributed by atoms with van der Waals surface area (Å²) in [6, 6.07) is 11.5. The molecule has 0 fully saturated rings. The molecule has 3 rings (SSSR count). The smallest absolute Gasteiger partial charge is 0.230 e. The Hall–Kier alpha value is -2.60. The minimum absolute atomic E-state index is 0.506. The van der Waals surface area contributed by atoms with Gasteiger partial charge < -0.3 is 19.5 Å². The number of hydrogen-bond acceptors (Lipinski definition) is 6. The number of hydrogen-bond donors (Lipinski definition) is 1. The van der Waals surface area contributed by atoms with E-state index in [1.807, 2.05) is 36.4 Å². The maximum Gasteiger partial charge on any atom is 0.230 e. The number of rotatable bonds is 3. The standard InChI is InChI=1S/C20H25N3O3/c1-24-15-13-22-19-16-8-7-12-23-20(16)26-18-10-4-3-9-17(18)25-14-6-2-5-11-21-19/h3-4,7-10,12H,2,5-6,11,13-15H2,1H3,(H,21,22). The van der Waals surface area contributed by atoms with Crippen molar-refractivity contribution in [2.45, 2.75) is 19.3 Å². The Bertz CT molecular complexity index is 734. The van der Waals surface area contributed by atoms with Crippen molar-refractivity contribution in [1.29, 1.82) is 0 Å². The summed E-state index contributed by atoms with van der Waals surface area (Å²) >= 11 is 0. The highest BCUT2D eigenvalue weighted by Crippen LogP contribution is 2.32. The SMILES string of the molecule is COCCNC1=NCCCCCOc2ccccc2Oc2ncccc21. The second-order valence-electron chi connectivity index (χ2n) is 5.96. The Balaban J connectivity index is 1.94. The van der Waals surface area contributed by atoms with Crippen LogP contribution in [0.4, 0.5) is 0 Å². The number of aliphatic imine (C=N–C) groups is 1. The fourth-order valence-electron chi connectivity index (χ4n) is 2.68. The van der Waals surface area contributed by atoms with Crippen molar-refractivity contribution in [3.8, 4) is 17.4 Å². The van der Waals surface area contributed by atoms with E-state index in [-0.39, 0.29) is 0 Å². The molecule has 0 saturated heterocycles. The van der Waals surface area contributed by atoms with Gasteiger partial charge in [-0.3, -0.25) is 4.99 Å². The average molecular weight is 355 g/mol. The molecule has 1 aromatic heterocycles. The summed E-state index contributed by atoms with van der Waals surface area (Å²) in [5.74, 6) is 2.67. The van der Waals surface area contributed by atoms with Gasteiger partial charge in [0.2, 0.25) is 5.88 Å². The number of fused-ring (bicyclic) bond motifs is 2. The monoisotopic (exact) mass is 355 g/mol. The van der Waals surface area contributed by atoms with Gasteiger partial charge in [-0.15, -0.1) is 0 Å². The van der Waals surface area contributed by atoms with Crippen molar-refractivity contribution in [3.05, 3.63) is 48.2 Å². The number of benzene rings is 1. The summed E-state index contributed by atoms with van der Waals surface area (Å²) in [4.78, 5) is 9.16. The zero-order valence-electron chi connectivity index (χ0n) is 15.1. The normalized spacial score (nSPS) is 14.9. The lowest BCUT2D eigenvalue weighted by Crippen LogP contribution is -2.29. The Morgan fingerprint density at radius 3 is 2.85 bits per heavy atom. The van der Waals surface area contributed by atoms with Gasteiger partial charge >= 0.3 is 0 Å². The van der Waals surface area contributed by atoms with Crippen molar-refractivity contribution in [3.63, 3.8) is 0 Å². The summed E-state index contributed by atoms with van der Waals surface area (Å²) in [6.07, 6.45) is 4.78. The van der Waals surface area contributed by atoms with E-state index in [0.29, 0.717) is 31.4 Å². The van der Waals surface area contributed by atoms with Gasteiger partial charge in [0.25, 0.3) is 0 Å². The predicted octanol–water partition coefficient (Wildman–Crippen LogP) is 3.42. The van der Waals surface area contributed by atoms with Crippen LogP contribution in [0.25, 0.3) is 0 Å². The second kappa shape index (κ2) is 9.77. The first-order chi connectivity index (χ1) is 12.9. The van der Waals surface area contributed by atoms with Crippen LogP contribution >= 0.6 is 0 Å².